The van der Waals surface area contributed by atoms with Crippen molar-refractivity contribution in [2.75, 3.05) is 37.9 Å². The Morgan fingerprint density at radius 2 is 1.78 bits per heavy atom. The Balaban J connectivity index is 1.27. The molecule has 168 valence electrons. The van der Waals surface area contributed by atoms with Gasteiger partial charge in [-0.25, -0.2) is 0 Å². The van der Waals surface area contributed by atoms with Crippen molar-refractivity contribution in [3.05, 3.63) is 54.1 Å². The molecule has 1 aromatic heterocycles. The minimum Gasteiger partial charge on any atom is -0.497 e. The fraction of sp³-hybridized carbons (Fsp3) is 0.375. The number of methoxy groups -OCH3 is 1. The molecule has 0 N–H and O–H groups in total. The van der Waals surface area contributed by atoms with E-state index in [9.17, 15) is 4.79 Å². The molecule has 0 unspecified atom stereocenters. The molecule has 32 heavy (non-hydrogen) atoms. The van der Waals surface area contributed by atoms with Gasteiger partial charge in [-0.2, -0.15) is 0 Å². The number of amides is 1. The summed E-state index contributed by atoms with van der Waals surface area (Å²) in [6.45, 7) is 2.83. The number of aromatic nitrogens is 2. The summed E-state index contributed by atoms with van der Waals surface area (Å²) in [7, 11) is 3.44. The predicted octanol–water partition coefficient (Wildman–Crippen LogP) is 4.49. The monoisotopic (exact) mass is 452 g/mol. The molecule has 8 heteroatoms. The minimum atomic E-state index is 0.0132. The Bertz CT molecular complexity index is 1010. The average Bonchev–Trinajstić information content (AvgIpc) is 3.32. The fourth-order valence-electron chi connectivity index (χ4n) is 3.68. The fourth-order valence-corrected chi connectivity index (χ4v) is 4.38. The first-order valence-corrected chi connectivity index (χ1v) is 11.8. The molecule has 0 spiro atoms. The van der Waals surface area contributed by atoms with Gasteiger partial charge in [-0.3, -0.25) is 4.79 Å². The maximum atomic E-state index is 12.6. The van der Waals surface area contributed by atoms with Gasteiger partial charge in [-0.1, -0.05) is 23.9 Å². The highest BCUT2D eigenvalue weighted by molar-refractivity contribution is 7.99. The molecule has 1 fully saturated rings. The number of carbonyl (C=O) groups is 1. The second kappa shape index (κ2) is 10.5. The highest BCUT2D eigenvalue weighted by Crippen LogP contribution is 2.25. The quantitative estimate of drug-likeness (QED) is 0.467. The lowest BCUT2D eigenvalue weighted by molar-refractivity contribution is -0.127. The van der Waals surface area contributed by atoms with Crippen LogP contribution in [0.3, 0.4) is 0 Å². The van der Waals surface area contributed by atoms with E-state index in [1.54, 1.807) is 12.0 Å². The standard InChI is InChI=1S/C24H28N4O3S/c1-27(16-18-6-10-20(11-7-18)28-14-4-3-5-15-28)22(29)17-32-24-26-25-23(31-24)19-8-12-21(30-2)13-9-19/h6-13H,3-5,14-17H2,1-2H3. The summed E-state index contributed by atoms with van der Waals surface area (Å²) < 4.78 is 10.8. The Morgan fingerprint density at radius 1 is 1.06 bits per heavy atom. The van der Waals surface area contributed by atoms with Crippen LogP contribution in [-0.2, 0) is 11.3 Å². The Kier molecular flexibility index (Phi) is 7.32. The Hall–Kier alpha value is -3.00. The van der Waals surface area contributed by atoms with Gasteiger partial charge in [0.05, 0.1) is 12.9 Å². The highest BCUT2D eigenvalue weighted by atomic mass is 32.2. The van der Waals surface area contributed by atoms with Gasteiger partial charge in [0.25, 0.3) is 5.22 Å². The SMILES string of the molecule is COc1ccc(-c2nnc(SCC(=O)N(C)Cc3ccc(N4CCCCC4)cc3)o2)cc1. The number of hydrogen-bond acceptors (Lipinski definition) is 7. The molecule has 0 atom stereocenters. The van der Waals surface area contributed by atoms with Crippen molar-refractivity contribution in [2.24, 2.45) is 0 Å². The first-order chi connectivity index (χ1) is 15.6. The lowest BCUT2D eigenvalue weighted by atomic mass is 10.1. The summed E-state index contributed by atoms with van der Waals surface area (Å²) in [6, 6.07) is 15.9. The maximum absolute atomic E-state index is 12.6. The van der Waals surface area contributed by atoms with Crippen LogP contribution < -0.4 is 9.64 Å². The van der Waals surface area contributed by atoms with Crippen molar-refractivity contribution in [2.45, 2.75) is 31.0 Å². The molecule has 3 aromatic rings. The topological polar surface area (TPSA) is 71.7 Å². The predicted molar refractivity (Wildman–Crippen MR) is 126 cm³/mol. The summed E-state index contributed by atoms with van der Waals surface area (Å²) in [4.78, 5) is 16.7. The van der Waals surface area contributed by atoms with Crippen LogP contribution in [0.4, 0.5) is 5.69 Å². The van der Waals surface area contributed by atoms with Crippen molar-refractivity contribution in [1.29, 1.82) is 0 Å². The van der Waals surface area contributed by atoms with E-state index in [1.165, 1.54) is 36.7 Å². The molecule has 0 radical (unpaired) electrons. The zero-order chi connectivity index (χ0) is 22.3. The van der Waals surface area contributed by atoms with Gasteiger partial charge in [0, 0.05) is 37.9 Å². The zero-order valence-electron chi connectivity index (χ0n) is 18.5. The number of nitrogens with zero attached hydrogens (tertiary/aromatic N) is 4. The Labute approximate surface area is 192 Å². The van der Waals surface area contributed by atoms with Crippen molar-refractivity contribution >= 4 is 23.4 Å². The molecule has 1 aliphatic rings. The summed E-state index contributed by atoms with van der Waals surface area (Å²) >= 11 is 1.25. The normalized spacial score (nSPS) is 13.8. The number of hydrogen-bond donors (Lipinski definition) is 0. The second-order valence-corrected chi connectivity index (χ2v) is 8.78. The lowest BCUT2D eigenvalue weighted by Crippen LogP contribution is -2.29. The third kappa shape index (κ3) is 5.62. The third-order valence-electron chi connectivity index (χ3n) is 5.57. The number of piperidine rings is 1. The first-order valence-electron chi connectivity index (χ1n) is 10.8. The molecule has 0 bridgehead atoms. The van der Waals surface area contributed by atoms with Crippen LogP contribution in [-0.4, -0.2) is 54.0 Å². The third-order valence-corrected chi connectivity index (χ3v) is 6.37. The largest absolute Gasteiger partial charge is 0.497 e. The van der Waals surface area contributed by atoms with Crippen LogP contribution in [0.25, 0.3) is 11.5 Å². The van der Waals surface area contributed by atoms with E-state index in [1.807, 2.05) is 31.3 Å². The summed E-state index contributed by atoms with van der Waals surface area (Å²) in [5.41, 5.74) is 3.19. The molecule has 1 aliphatic heterocycles. The van der Waals surface area contributed by atoms with Crippen LogP contribution in [0, 0.1) is 0 Å². The van der Waals surface area contributed by atoms with Gasteiger partial charge in [0.1, 0.15) is 5.75 Å². The van der Waals surface area contributed by atoms with Crippen molar-refractivity contribution in [1.82, 2.24) is 15.1 Å². The van der Waals surface area contributed by atoms with Gasteiger partial charge in [0.15, 0.2) is 0 Å². The second-order valence-electron chi connectivity index (χ2n) is 7.85. The number of ether oxygens (including phenoxy) is 1. The molecular formula is C24H28N4O3S. The molecular weight excluding hydrogens is 424 g/mol. The lowest BCUT2D eigenvalue weighted by Gasteiger charge is -2.29. The zero-order valence-corrected chi connectivity index (χ0v) is 19.3. The summed E-state index contributed by atoms with van der Waals surface area (Å²) in [5, 5.41) is 8.49. The average molecular weight is 453 g/mol. The molecule has 4 rings (SSSR count). The molecule has 0 aliphatic carbocycles. The number of rotatable bonds is 8. The van der Waals surface area contributed by atoms with Crippen LogP contribution in [0.5, 0.6) is 5.75 Å². The molecule has 7 nitrogen and oxygen atoms in total. The van der Waals surface area contributed by atoms with Gasteiger partial charge in [0.2, 0.25) is 11.8 Å². The van der Waals surface area contributed by atoms with E-state index < -0.39 is 0 Å². The number of anilines is 1. The van der Waals surface area contributed by atoms with Crippen molar-refractivity contribution in [3.8, 4) is 17.2 Å². The molecule has 1 saturated heterocycles. The molecule has 2 heterocycles. The van der Waals surface area contributed by atoms with Crippen LogP contribution in [0.15, 0.2) is 58.2 Å². The van der Waals surface area contributed by atoms with E-state index >= 15 is 0 Å². The number of benzene rings is 2. The highest BCUT2D eigenvalue weighted by Gasteiger charge is 2.15. The smallest absolute Gasteiger partial charge is 0.277 e. The van der Waals surface area contributed by atoms with Gasteiger partial charge >= 0.3 is 0 Å². The van der Waals surface area contributed by atoms with E-state index in [0.29, 0.717) is 17.7 Å². The van der Waals surface area contributed by atoms with Crippen LogP contribution in [0.2, 0.25) is 0 Å². The Morgan fingerprint density at radius 3 is 2.47 bits per heavy atom. The molecule has 2 aromatic carbocycles. The van der Waals surface area contributed by atoms with E-state index in [0.717, 1.165) is 30.0 Å². The van der Waals surface area contributed by atoms with Gasteiger partial charge in [-0.05, 0) is 61.2 Å². The first kappa shape index (κ1) is 22.2. The van der Waals surface area contributed by atoms with Gasteiger partial charge in [-0.15, -0.1) is 10.2 Å². The van der Waals surface area contributed by atoms with Crippen molar-refractivity contribution in [3.63, 3.8) is 0 Å². The van der Waals surface area contributed by atoms with E-state index in [-0.39, 0.29) is 11.7 Å². The maximum Gasteiger partial charge on any atom is 0.277 e. The molecule has 0 saturated carbocycles. The van der Waals surface area contributed by atoms with Gasteiger partial charge < -0.3 is 19.0 Å². The molecule has 1 amide bonds. The van der Waals surface area contributed by atoms with Crippen LogP contribution >= 0.6 is 11.8 Å². The summed E-state index contributed by atoms with van der Waals surface area (Å²) in [5.74, 6) is 1.44. The van der Waals surface area contributed by atoms with E-state index in [2.05, 4.69) is 39.4 Å². The summed E-state index contributed by atoms with van der Waals surface area (Å²) in [6.07, 6.45) is 3.85. The van der Waals surface area contributed by atoms with Crippen molar-refractivity contribution < 1.29 is 13.9 Å². The number of carbonyl (C=O) groups excluding carboxylic acids is 1. The number of thioether (sulfide) groups is 1. The minimum absolute atomic E-state index is 0.0132. The van der Waals surface area contributed by atoms with Crippen LogP contribution in [0.1, 0.15) is 24.8 Å². The van der Waals surface area contributed by atoms with E-state index in [4.69, 9.17) is 9.15 Å².